The van der Waals surface area contributed by atoms with Crippen LogP contribution in [-0.2, 0) is 6.42 Å². The summed E-state index contributed by atoms with van der Waals surface area (Å²) in [6.45, 7) is 5.69. The highest BCUT2D eigenvalue weighted by Gasteiger charge is 2.24. The van der Waals surface area contributed by atoms with Crippen LogP contribution >= 0.6 is 27.5 Å². The molecule has 1 aromatic heterocycles. The molecule has 3 rings (SSSR count). The predicted octanol–water partition coefficient (Wildman–Crippen LogP) is 4.24. The van der Waals surface area contributed by atoms with Gasteiger partial charge in [-0.25, -0.2) is 4.98 Å². The zero-order chi connectivity index (χ0) is 14.8. The first kappa shape index (κ1) is 15.3. The fourth-order valence-electron chi connectivity index (χ4n) is 3.31. The molecule has 114 valence electrons. The van der Waals surface area contributed by atoms with Crippen LogP contribution < -0.4 is 0 Å². The summed E-state index contributed by atoms with van der Waals surface area (Å²) in [7, 11) is 0. The van der Waals surface area contributed by atoms with Crippen LogP contribution in [0.1, 0.15) is 31.6 Å². The minimum Gasteiger partial charge on any atom is -0.323 e. The highest BCUT2D eigenvalue weighted by molar-refractivity contribution is 9.10. The van der Waals surface area contributed by atoms with Crippen LogP contribution in [0.5, 0.6) is 0 Å². The molecule has 1 aliphatic heterocycles. The first-order valence-corrected chi connectivity index (χ1v) is 9.00. The van der Waals surface area contributed by atoms with Gasteiger partial charge in [-0.1, -0.05) is 22.9 Å². The molecule has 0 N–H and O–H groups in total. The maximum atomic E-state index is 5.99. The van der Waals surface area contributed by atoms with Gasteiger partial charge in [0.25, 0.3) is 0 Å². The molecule has 0 aliphatic carbocycles. The highest BCUT2D eigenvalue weighted by atomic mass is 79.9. The van der Waals surface area contributed by atoms with Crippen LogP contribution in [0.3, 0.4) is 0 Å². The third-order valence-corrected chi connectivity index (χ3v) is 5.02. The van der Waals surface area contributed by atoms with Crippen molar-refractivity contribution >= 4 is 38.6 Å². The molecule has 1 aromatic carbocycles. The quantitative estimate of drug-likeness (QED) is 0.751. The van der Waals surface area contributed by atoms with Crippen molar-refractivity contribution in [3.8, 4) is 0 Å². The summed E-state index contributed by atoms with van der Waals surface area (Å²) in [5.74, 6) is 1.75. The van der Waals surface area contributed by atoms with E-state index in [1.165, 1.54) is 24.9 Å². The molecule has 1 unspecified atom stereocenters. The Labute approximate surface area is 139 Å². The monoisotopic (exact) mass is 369 g/mol. The number of piperidine rings is 1. The number of rotatable bonds is 4. The number of hydrogen-bond acceptors (Lipinski definition) is 2. The molecular weight excluding hydrogens is 350 g/mol. The molecule has 0 bridgehead atoms. The maximum absolute atomic E-state index is 5.99. The van der Waals surface area contributed by atoms with E-state index >= 15 is 0 Å². The van der Waals surface area contributed by atoms with Crippen molar-refractivity contribution in [3.63, 3.8) is 0 Å². The highest BCUT2D eigenvalue weighted by Crippen LogP contribution is 2.29. The van der Waals surface area contributed by atoms with Crippen LogP contribution in [0.4, 0.5) is 0 Å². The third-order valence-electron chi connectivity index (χ3n) is 4.34. The summed E-state index contributed by atoms with van der Waals surface area (Å²) in [6, 6.07) is 6.85. The second kappa shape index (κ2) is 6.67. The Balaban J connectivity index is 2.05. The Morgan fingerprint density at radius 1 is 1.43 bits per heavy atom. The molecule has 2 heterocycles. The average Bonchev–Trinajstić information content (AvgIpc) is 2.85. The van der Waals surface area contributed by atoms with Gasteiger partial charge in [0.1, 0.15) is 5.82 Å². The molecule has 0 spiro atoms. The van der Waals surface area contributed by atoms with Crippen LogP contribution in [0.2, 0.25) is 0 Å². The van der Waals surface area contributed by atoms with Crippen molar-refractivity contribution in [2.75, 3.05) is 25.5 Å². The molecule has 1 saturated heterocycles. The predicted molar refractivity (Wildman–Crippen MR) is 92.2 cm³/mol. The second-order valence-electron chi connectivity index (χ2n) is 5.66. The van der Waals surface area contributed by atoms with Gasteiger partial charge in [0, 0.05) is 29.4 Å². The molecule has 0 radical (unpaired) electrons. The zero-order valence-electron chi connectivity index (χ0n) is 12.4. The van der Waals surface area contributed by atoms with Crippen molar-refractivity contribution in [1.82, 2.24) is 14.5 Å². The fraction of sp³-hybridized carbons (Fsp3) is 0.562. The third kappa shape index (κ3) is 3.13. The minimum absolute atomic E-state index is 0.510. The van der Waals surface area contributed by atoms with Gasteiger partial charge in [0.15, 0.2) is 0 Å². The molecule has 3 nitrogen and oxygen atoms in total. The fourth-order valence-corrected chi connectivity index (χ4v) is 3.83. The Morgan fingerprint density at radius 2 is 2.29 bits per heavy atom. The number of likely N-dealkylation sites (N-methyl/N-ethyl adjacent to an activating group) is 1. The summed E-state index contributed by atoms with van der Waals surface area (Å²) in [6.07, 6.45) is 3.31. The molecule has 2 aromatic rings. The number of alkyl halides is 1. The van der Waals surface area contributed by atoms with E-state index in [-0.39, 0.29) is 0 Å². The molecular formula is C16H21BrClN3. The largest absolute Gasteiger partial charge is 0.323 e. The van der Waals surface area contributed by atoms with E-state index in [0.717, 1.165) is 35.3 Å². The minimum atomic E-state index is 0.510. The van der Waals surface area contributed by atoms with E-state index in [4.69, 9.17) is 16.6 Å². The maximum Gasteiger partial charge on any atom is 0.111 e. The number of imidazole rings is 1. The number of benzene rings is 1. The van der Waals surface area contributed by atoms with Gasteiger partial charge in [-0.15, -0.1) is 11.6 Å². The lowest BCUT2D eigenvalue weighted by molar-refractivity contribution is 0.186. The van der Waals surface area contributed by atoms with Gasteiger partial charge in [0.05, 0.1) is 11.0 Å². The van der Waals surface area contributed by atoms with E-state index in [1.54, 1.807) is 0 Å². The van der Waals surface area contributed by atoms with E-state index in [2.05, 4.69) is 50.5 Å². The molecule has 1 aliphatic rings. The summed E-state index contributed by atoms with van der Waals surface area (Å²) >= 11 is 9.58. The standard InChI is InChI=1S/C16H21BrClN3/c1-2-20-9-3-4-13(11-20)21-15-10-12(17)5-6-14(15)19-16(21)7-8-18/h5-6,10,13H,2-4,7-9,11H2,1H3. The molecule has 0 amide bonds. The van der Waals surface area contributed by atoms with Crippen LogP contribution in [-0.4, -0.2) is 40.0 Å². The van der Waals surface area contributed by atoms with Crippen molar-refractivity contribution in [1.29, 1.82) is 0 Å². The summed E-state index contributed by atoms with van der Waals surface area (Å²) in [4.78, 5) is 7.34. The summed E-state index contributed by atoms with van der Waals surface area (Å²) in [5.41, 5.74) is 2.30. The van der Waals surface area contributed by atoms with Gasteiger partial charge in [0.2, 0.25) is 0 Å². The van der Waals surface area contributed by atoms with Gasteiger partial charge in [-0.2, -0.15) is 0 Å². The van der Waals surface area contributed by atoms with Crippen molar-refractivity contribution in [3.05, 3.63) is 28.5 Å². The topological polar surface area (TPSA) is 21.1 Å². The normalized spacial score (nSPS) is 20.2. The number of fused-ring (bicyclic) bond motifs is 1. The van der Waals surface area contributed by atoms with Gasteiger partial charge in [-0.3, -0.25) is 0 Å². The van der Waals surface area contributed by atoms with E-state index in [1.807, 2.05) is 0 Å². The molecule has 1 fully saturated rings. The number of aryl methyl sites for hydroxylation is 1. The van der Waals surface area contributed by atoms with Gasteiger partial charge < -0.3 is 9.47 Å². The van der Waals surface area contributed by atoms with Crippen LogP contribution in [0.25, 0.3) is 11.0 Å². The second-order valence-corrected chi connectivity index (χ2v) is 6.95. The van der Waals surface area contributed by atoms with E-state index in [9.17, 15) is 0 Å². The lowest BCUT2D eigenvalue weighted by atomic mass is 10.0. The molecule has 0 saturated carbocycles. The number of likely N-dealkylation sites (tertiary alicyclic amines) is 1. The van der Waals surface area contributed by atoms with Crippen molar-refractivity contribution < 1.29 is 0 Å². The first-order valence-electron chi connectivity index (χ1n) is 7.67. The number of aromatic nitrogens is 2. The number of hydrogen-bond donors (Lipinski definition) is 0. The molecule has 21 heavy (non-hydrogen) atoms. The summed E-state index contributed by atoms with van der Waals surface area (Å²) < 4.78 is 3.54. The molecule has 5 heteroatoms. The van der Waals surface area contributed by atoms with Crippen molar-refractivity contribution in [2.45, 2.75) is 32.2 Å². The Kier molecular flexibility index (Phi) is 4.87. The molecule has 1 atom stereocenters. The van der Waals surface area contributed by atoms with Gasteiger partial charge in [-0.05, 0) is 44.1 Å². The Morgan fingerprint density at radius 3 is 3.05 bits per heavy atom. The van der Waals surface area contributed by atoms with Gasteiger partial charge >= 0.3 is 0 Å². The smallest absolute Gasteiger partial charge is 0.111 e. The van der Waals surface area contributed by atoms with Crippen LogP contribution in [0.15, 0.2) is 22.7 Å². The zero-order valence-corrected chi connectivity index (χ0v) is 14.7. The Hall–Kier alpha value is -0.580. The SMILES string of the molecule is CCN1CCCC(n2c(CCCl)nc3ccc(Br)cc32)C1. The summed E-state index contributed by atoms with van der Waals surface area (Å²) in [5, 5.41) is 0. The van der Waals surface area contributed by atoms with E-state index < -0.39 is 0 Å². The van der Waals surface area contributed by atoms with Crippen LogP contribution in [0, 0.1) is 0 Å². The first-order chi connectivity index (χ1) is 10.2. The number of halogens is 2. The lowest BCUT2D eigenvalue weighted by Crippen LogP contribution is -2.36. The average molecular weight is 371 g/mol. The Bertz CT molecular complexity index is 625. The van der Waals surface area contributed by atoms with Crippen molar-refractivity contribution in [2.24, 2.45) is 0 Å². The lowest BCUT2D eigenvalue weighted by Gasteiger charge is -2.33. The van der Waals surface area contributed by atoms with E-state index in [0.29, 0.717) is 11.9 Å². The number of nitrogens with zero attached hydrogens (tertiary/aromatic N) is 3.